The van der Waals surface area contributed by atoms with E-state index < -0.39 is 6.29 Å². The van der Waals surface area contributed by atoms with Gasteiger partial charge in [-0.15, -0.1) is 0 Å². The van der Waals surface area contributed by atoms with E-state index in [2.05, 4.69) is 16.3 Å². The molecule has 2 aromatic carbocycles. The molecule has 0 saturated carbocycles. The molecule has 2 aliphatic heterocycles. The summed E-state index contributed by atoms with van der Waals surface area (Å²) >= 11 is 0. The second kappa shape index (κ2) is 8.12. The fraction of sp³-hybridized carbons (Fsp3) is 0.364. The third-order valence-electron chi connectivity index (χ3n) is 5.20. The summed E-state index contributed by atoms with van der Waals surface area (Å²) in [5.74, 6) is 2.03. The number of anilines is 1. The molecule has 2 aromatic rings. The molecule has 0 radical (unpaired) electrons. The molecular weight excluding hydrogens is 356 g/mol. The minimum atomic E-state index is -1.05. The van der Waals surface area contributed by atoms with Crippen LogP contribution in [0.4, 0.5) is 5.69 Å². The number of ether oxygens (including phenoxy) is 3. The molecule has 0 aliphatic carbocycles. The zero-order valence-electron chi connectivity index (χ0n) is 16.3. The number of hydrogen-bond donors (Lipinski definition) is 2. The second-order valence-electron chi connectivity index (χ2n) is 6.98. The van der Waals surface area contributed by atoms with Gasteiger partial charge in [-0.2, -0.15) is 0 Å². The standard InChI is InChI=1S/C22H26N2O4/c1-26-18-10-16(11-19(14-18)27-2)20-12-15-4-5-17(13-21(15)28-22(20)25)24-8-3-6-23-7-9-24/h4-5,10-14,22-23,25H,3,6-9H2,1-2H3. The Morgan fingerprint density at radius 3 is 2.57 bits per heavy atom. The Balaban J connectivity index is 1.66. The first-order valence-corrected chi connectivity index (χ1v) is 9.57. The third-order valence-corrected chi connectivity index (χ3v) is 5.20. The number of aliphatic hydroxyl groups excluding tert-OH is 1. The molecule has 6 nitrogen and oxygen atoms in total. The molecule has 0 spiro atoms. The van der Waals surface area contributed by atoms with E-state index in [1.54, 1.807) is 20.3 Å². The highest BCUT2D eigenvalue weighted by atomic mass is 16.6. The summed E-state index contributed by atoms with van der Waals surface area (Å²) < 4.78 is 16.6. The maximum absolute atomic E-state index is 10.6. The highest BCUT2D eigenvalue weighted by Crippen LogP contribution is 2.38. The van der Waals surface area contributed by atoms with Crippen LogP contribution in [-0.4, -0.2) is 51.8 Å². The third kappa shape index (κ3) is 3.79. The number of hydrogen-bond acceptors (Lipinski definition) is 6. The summed E-state index contributed by atoms with van der Waals surface area (Å²) in [4.78, 5) is 2.35. The minimum Gasteiger partial charge on any atom is -0.497 e. The molecule has 28 heavy (non-hydrogen) atoms. The van der Waals surface area contributed by atoms with Crippen LogP contribution in [0, 0.1) is 0 Å². The molecule has 1 saturated heterocycles. The maximum atomic E-state index is 10.6. The quantitative estimate of drug-likeness (QED) is 0.848. The summed E-state index contributed by atoms with van der Waals surface area (Å²) in [6.45, 7) is 4.00. The first-order valence-electron chi connectivity index (χ1n) is 9.57. The Bertz CT molecular complexity index is 851. The van der Waals surface area contributed by atoms with Crippen molar-refractivity contribution in [2.24, 2.45) is 0 Å². The average molecular weight is 382 g/mol. The Kier molecular flexibility index (Phi) is 5.41. The average Bonchev–Trinajstić information content (AvgIpc) is 3.02. The van der Waals surface area contributed by atoms with Crippen LogP contribution in [-0.2, 0) is 0 Å². The van der Waals surface area contributed by atoms with E-state index in [1.165, 1.54) is 0 Å². The lowest BCUT2D eigenvalue weighted by atomic mass is 9.98. The molecule has 2 aliphatic rings. The van der Waals surface area contributed by atoms with Gasteiger partial charge in [-0.25, -0.2) is 0 Å². The topological polar surface area (TPSA) is 63.2 Å². The number of fused-ring (bicyclic) bond motifs is 1. The molecule has 6 heteroatoms. The van der Waals surface area contributed by atoms with Crippen LogP contribution in [0.1, 0.15) is 17.5 Å². The highest BCUT2D eigenvalue weighted by Gasteiger charge is 2.24. The number of aliphatic hydroxyl groups is 1. The molecule has 2 heterocycles. The highest BCUT2D eigenvalue weighted by molar-refractivity contribution is 5.87. The van der Waals surface area contributed by atoms with Crippen molar-refractivity contribution >= 4 is 17.3 Å². The molecule has 148 valence electrons. The van der Waals surface area contributed by atoms with Gasteiger partial charge < -0.3 is 29.5 Å². The van der Waals surface area contributed by atoms with Gasteiger partial charge in [0.1, 0.15) is 17.2 Å². The van der Waals surface area contributed by atoms with E-state index in [0.717, 1.165) is 49.4 Å². The maximum Gasteiger partial charge on any atom is 0.224 e. The number of nitrogens with one attached hydrogen (secondary N) is 1. The normalized spacial score (nSPS) is 19.2. The number of rotatable bonds is 4. The first-order chi connectivity index (χ1) is 13.7. The van der Waals surface area contributed by atoms with Crippen LogP contribution in [0.2, 0.25) is 0 Å². The van der Waals surface area contributed by atoms with Crippen LogP contribution in [0.15, 0.2) is 36.4 Å². The van der Waals surface area contributed by atoms with Gasteiger partial charge in [0.05, 0.1) is 14.2 Å². The van der Waals surface area contributed by atoms with Crippen molar-refractivity contribution in [2.75, 3.05) is 45.3 Å². The Hall–Kier alpha value is -2.70. The van der Waals surface area contributed by atoms with Crippen molar-refractivity contribution in [3.63, 3.8) is 0 Å². The lowest BCUT2D eigenvalue weighted by Gasteiger charge is -2.27. The van der Waals surface area contributed by atoms with Gasteiger partial charge in [0.15, 0.2) is 0 Å². The van der Waals surface area contributed by atoms with Crippen LogP contribution >= 0.6 is 0 Å². The molecule has 0 amide bonds. The van der Waals surface area contributed by atoms with Gasteiger partial charge in [0.25, 0.3) is 0 Å². The lowest BCUT2D eigenvalue weighted by Crippen LogP contribution is -2.28. The van der Waals surface area contributed by atoms with Gasteiger partial charge >= 0.3 is 0 Å². The van der Waals surface area contributed by atoms with Crippen LogP contribution in [0.3, 0.4) is 0 Å². The molecule has 0 aromatic heterocycles. The molecule has 1 unspecified atom stereocenters. The van der Waals surface area contributed by atoms with Crippen LogP contribution in [0.25, 0.3) is 11.6 Å². The minimum absolute atomic E-state index is 0.665. The Morgan fingerprint density at radius 1 is 1.04 bits per heavy atom. The monoisotopic (exact) mass is 382 g/mol. The first kappa shape index (κ1) is 18.7. The number of methoxy groups -OCH3 is 2. The molecular formula is C22H26N2O4. The Morgan fingerprint density at radius 2 is 1.82 bits per heavy atom. The Labute approximate surface area is 165 Å². The lowest BCUT2D eigenvalue weighted by molar-refractivity contribution is 0.0320. The second-order valence-corrected chi connectivity index (χ2v) is 6.98. The van der Waals surface area contributed by atoms with E-state index in [1.807, 2.05) is 30.3 Å². The van der Waals surface area contributed by atoms with E-state index in [9.17, 15) is 5.11 Å². The molecule has 1 fully saturated rings. The van der Waals surface area contributed by atoms with Gasteiger partial charge in [-0.3, -0.25) is 0 Å². The summed E-state index contributed by atoms with van der Waals surface area (Å²) in [7, 11) is 3.21. The van der Waals surface area contributed by atoms with Crippen LogP contribution in [0.5, 0.6) is 17.2 Å². The van der Waals surface area contributed by atoms with Crippen molar-refractivity contribution < 1.29 is 19.3 Å². The number of benzene rings is 2. The zero-order chi connectivity index (χ0) is 19.5. The van der Waals surface area contributed by atoms with Gasteiger partial charge in [-0.1, -0.05) is 0 Å². The molecule has 2 N–H and O–H groups in total. The summed E-state index contributed by atoms with van der Waals surface area (Å²) in [5.41, 5.74) is 3.54. The van der Waals surface area contributed by atoms with Crippen LogP contribution < -0.4 is 24.4 Å². The summed E-state index contributed by atoms with van der Waals surface area (Å²) in [6.07, 6.45) is 2.03. The van der Waals surface area contributed by atoms with Crippen molar-refractivity contribution in [1.82, 2.24) is 5.32 Å². The van der Waals surface area contributed by atoms with Crippen molar-refractivity contribution in [2.45, 2.75) is 12.7 Å². The predicted molar refractivity (Wildman–Crippen MR) is 110 cm³/mol. The van der Waals surface area contributed by atoms with Gasteiger partial charge in [0.2, 0.25) is 6.29 Å². The van der Waals surface area contributed by atoms with E-state index in [0.29, 0.717) is 22.8 Å². The van der Waals surface area contributed by atoms with E-state index in [-0.39, 0.29) is 0 Å². The predicted octanol–water partition coefficient (Wildman–Crippen LogP) is 2.75. The fourth-order valence-electron chi connectivity index (χ4n) is 3.67. The summed E-state index contributed by atoms with van der Waals surface area (Å²) in [5, 5.41) is 14.1. The van der Waals surface area contributed by atoms with Crippen molar-refractivity contribution in [3.8, 4) is 17.2 Å². The van der Waals surface area contributed by atoms with E-state index in [4.69, 9.17) is 14.2 Å². The molecule has 1 atom stereocenters. The molecule has 4 rings (SSSR count). The SMILES string of the molecule is COc1cc(OC)cc(C2=Cc3ccc(N4CCCNCC4)cc3OC2O)c1. The largest absolute Gasteiger partial charge is 0.497 e. The fourth-order valence-corrected chi connectivity index (χ4v) is 3.67. The van der Waals surface area contributed by atoms with E-state index >= 15 is 0 Å². The van der Waals surface area contributed by atoms with Gasteiger partial charge in [-0.05, 0) is 48.9 Å². The number of nitrogens with zero attached hydrogens (tertiary/aromatic N) is 1. The summed E-state index contributed by atoms with van der Waals surface area (Å²) in [6, 6.07) is 11.7. The van der Waals surface area contributed by atoms with Gasteiger partial charge in [0, 0.05) is 48.6 Å². The molecule has 0 bridgehead atoms. The smallest absolute Gasteiger partial charge is 0.224 e. The zero-order valence-corrected chi connectivity index (χ0v) is 16.3. The van der Waals surface area contributed by atoms with Crippen molar-refractivity contribution in [3.05, 3.63) is 47.5 Å². The van der Waals surface area contributed by atoms with Crippen molar-refractivity contribution in [1.29, 1.82) is 0 Å².